The molecule has 9 heteroatoms. The van der Waals surface area contributed by atoms with E-state index in [2.05, 4.69) is 44.3 Å². The van der Waals surface area contributed by atoms with Gasteiger partial charge >= 0.3 is 6.01 Å². The predicted molar refractivity (Wildman–Crippen MR) is 139 cm³/mol. The molecule has 1 saturated heterocycles. The van der Waals surface area contributed by atoms with Crippen molar-refractivity contribution < 1.29 is 14.3 Å². The fourth-order valence-electron chi connectivity index (χ4n) is 4.49. The maximum Gasteiger partial charge on any atom is 0.316 e. The average molecular weight is 485 g/mol. The van der Waals surface area contributed by atoms with E-state index in [1.165, 1.54) is 7.11 Å². The van der Waals surface area contributed by atoms with Crippen LogP contribution in [0.15, 0.2) is 67.0 Å². The summed E-state index contributed by atoms with van der Waals surface area (Å²) in [6.07, 6.45) is 3.29. The van der Waals surface area contributed by atoms with Crippen LogP contribution in [-0.2, 0) is 0 Å². The molecule has 5 rings (SSSR count). The molecule has 0 spiro atoms. The molecule has 2 atom stereocenters. The number of anilines is 2. The first-order valence-electron chi connectivity index (χ1n) is 11.8. The number of carbonyl (C=O) groups excluding carboxylic acids is 1. The van der Waals surface area contributed by atoms with Crippen molar-refractivity contribution in [1.82, 2.24) is 20.3 Å². The van der Waals surface area contributed by atoms with Crippen LogP contribution in [0.1, 0.15) is 24.2 Å². The number of nitrogens with zero attached hydrogens (tertiary/aromatic N) is 4. The number of nitrogens with one attached hydrogen (secondary N) is 2. The molecule has 36 heavy (non-hydrogen) atoms. The van der Waals surface area contributed by atoms with Crippen LogP contribution in [0.25, 0.3) is 10.9 Å². The van der Waals surface area contributed by atoms with Crippen molar-refractivity contribution in [3.05, 3.63) is 72.6 Å². The molecule has 1 fully saturated rings. The standard InChI is InChI=1S/C27H28N6O3/c1-17-15-33(16-18(2)30-17)23-11-10-21(25-22(23)14-29-27(32-25)35-3)26(34)31-19-9-12-24(28-13-19)36-20-7-5-4-6-8-20/h4-14,17-18,30H,15-16H2,1-3H3,(H,31,34)/t17-,18-/m0/s1. The molecule has 1 amide bonds. The lowest BCUT2D eigenvalue weighted by atomic mass is 10.0. The lowest BCUT2D eigenvalue weighted by Crippen LogP contribution is -2.54. The maximum absolute atomic E-state index is 13.3. The van der Waals surface area contributed by atoms with Crippen LogP contribution in [0, 0.1) is 0 Å². The summed E-state index contributed by atoms with van der Waals surface area (Å²) in [5.41, 5.74) is 2.50. The van der Waals surface area contributed by atoms with Gasteiger partial charge in [0.05, 0.1) is 30.1 Å². The van der Waals surface area contributed by atoms with Gasteiger partial charge in [-0.05, 0) is 44.2 Å². The summed E-state index contributed by atoms with van der Waals surface area (Å²) in [5.74, 6) is 0.828. The Kier molecular flexibility index (Phi) is 6.64. The Hall–Kier alpha value is -4.24. The largest absolute Gasteiger partial charge is 0.467 e. The molecule has 0 saturated carbocycles. The smallest absolute Gasteiger partial charge is 0.316 e. The molecule has 1 aliphatic heterocycles. The van der Waals surface area contributed by atoms with E-state index < -0.39 is 0 Å². The highest BCUT2D eigenvalue weighted by atomic mass is 16.5. The highest BCUT2D eigenvalue weighted by Gasteiger charge is 2.24. The third-order valence-corrected chi connectivity index (χ3v) is 5.99. The zero-order chi connectivity index (χ0) is 25.1. The van der Waals surface area contributed by atoms with Gasteiger partial charge in [0.1, 0.15) is 5.75 Å². The van der Waals surface area contributed by atoms with Gasteiger partial charge in [0, 0.05) is 48.5 Å². The lowest BCUT2D eigenvalue weighted by molar-refractivity contribution is 0.102. The minimum atomic E-state index is -0.298. The molecule has 0 radical (unpaired) electrons. The number of piperazine rings is 1. The van der Waals surface area contributed by atoms with E-state index in [0.717, 1.165) is 24.2 Å². The molecule has 2 N–H and O–H groups in total. The van der Waals surface area contributed by atoms with Crippen LogP contribution in [0.5, 0.6) is 17.6 Å². The van der Waals surface area contributed by atoms with Crippen LogP contribution in [0.4, 0.5) is 11.4 Å². The molecule has 4 aromatic rings. The van der Waals surface area contributed by atoms with Gasteiger partial charge in [-0.25, -0.2) is 9.97 Å². The van der Waals surface area contributed by atoms with E-state index in [1.54, 1.807) is 30.6 Å². The van der Waals surface area contributed by atoms with E-state index in [1.807, 2.05) is 36.4 Å². The monoisotopic (exact) mass is 484 g/mol. The molecule has 184 valence electrons. The minimum Gasteiger partial charge on any atom is -0.467 e. The molecular formula is C27H28N6O3. The molecule has 0 bridgehead atoms. The Labute approximate surface area is 209 Å². The SMILES string of the molecule is COc1ncc2c(N3C[C@H](C)N[C@@H](C)C3)ccc(C(=O)Nc3ccc(Oc4ccccc4)nc3)c2n1. The normalized spacial score (nSPS) is 17.6. The number of hydrogen-bond acceptors (Lipinski definition) is 8. The van der Waals surface area contributed by atoms with Crippen molar-refractivity contribution in [2.45, 2.75) is 25.9 Å². The number of amides is 1. The number of rotatable bonds is 6. The quantitative estimate of drug-likeness (QED) is 0.419. The van der Waals surface area contributed by atoms with Crippen molar-refractivity contribution >= 4 is 28.2 Å². The van der Waals surface area contributed by atoms with E-state index in [0.29, 0.717) is 40.5 Å². The number of hydrogen-bond donors (Lipinski definition) is 2. The van der Waals surface area contributed by atoms with E-state index in [-0.39, 0.29) is 11.9 Å². The highest BCUT2D eigenvalue weighted by molar-refractivity contribution is 6.13. The molecule has 9 nitrogen and oxygen atoms in total. The summed E-state index contributed by atoms with van der Waals surface area (Å²) in [4.78, 5) is 28.8. The minimum absolute atomic E-state index is 0.208. The lowest BCUT2D eigenvalue weighted by Gasteiger charge is -2.38. The number of pyridine rings is 1. The number of para-hydroxylation sites is 1. The van der Waals surface area contributed by atoms with E-state index in [4.69, 9.17) is 9.47 Å². The molecule has 2 aromatic heterocycles. The Morgan fingerprint density at radius 2 is 1.78 bits per heavy atom. The average Bonchev–Trinajstić information content (AvgIpc) is 2.88. The molecule has 0 unspecified atom stereocenters. The highest BCUT2D eigenvalue weighted by Crippen LogP contribution is 2.31. The number of carbonyl (C=O) groups is 1. The van der Waals surface area contributed by atoms with Crippen molar-refractivity contribution in [1.29, 1.82) is 0 Å². The van der Waals surface area contributed by atoms with Crippen molar-refractivity contribution in [2.75, 3.05) is 30.4 Å². The Balaban J connectivity index is 1.41. The van der Waals surface area contributed by atoms with Crippen LogP contribution >= 0.6 is 0 Å². The van der Waals surface area contributed by atoms with Crippen LogP contribution in [0.2, 0.25) is 0 Å². The molecule has 0 aliphatic carbocycles. The van der Waals surface area contributed by atoms with Gasteiger partial charge in [0.15, 0.2) is 0 Å². The summed E-state index contributed by atoms with van der Waals surface area (Å²) >= 11 is 0. The van der Waals surface area contributed by atoms with Gasteiger partial charge in [0.2, 0.25) is 5.88 Å². The van der Waals surface area contributed by atoms with Crippen molar-refractivity contribution in [3.63, 3.8) is 0 Å². The van der Waals surface area contributed by atoms with Gasteiger partial charge in [0.25, 0.3) is 5.91 Å². The summed E-state index contributed by atoms with van der Waals surface area (Å²) in [6.45, 7) is 6.02. The van der Waals surface area contributed by atoms with Crippen LogP contribution < -0.4 is 25.0 Å². The van der Waals surface area contributed by atoms with E-state index in [9.17, 15) is 4.79 Å². The Morgan fingerprint density at radius 3 is 2.47 bits per heavy atom. The number of ether oxygens (including phenoxy) is 2. The number of benzene rings is 2. The van der Waals surface area contributed by atoms with Gasteiger partial charge in [-0.3, -0.25) is 4.79 Å². The van der Waals surface area contributed by atoms with Gasteiger partial charge in [-0.1, -0.05) is 18.2 Å². The molecule has 2 aromatic carbocycles. The predicted octanol–water partition coefficient (Wildman–Crippen LogP) is 4.26. The number of methoxy groups -OCH3 is 1. The third-order valence-electron chi connectivity index (χ3n) is 5.99. The first kappa shape index (κ1) is 23.5. The Bertz CT molecular complexity index is 1350. The van der Waals surface area contributed by atoms with Crippen LogP contribution in [0.3, 0.4) is 0 Å². The number of fused-ring (bicyclic) bond motifs is 1. The molecular weight excluding hydrogens is 456 g/mol. The fourth-order valence-corrected chi connectivity index (χ4v) is 4.49. The fraction of sp³-hybridized carbons (Fsp3) is 0.259. The third kappa shape index (κ3) is 5.06. The summed E-state index contributed by atoms with van der Waals surface area (Å²) in [7, 11) is 1.51. The zero-order valence-corrected chi connectivity index (χ0v) is 20.4. The number of aromatic nitrogens is 3. The first-order chi connectivity index (χ1) is 17.5. The second-order valence-electron chi connectivity index (χ2n) is 8.88. The topological polar surface area (TPSA) is 102 Å². The summed E-state index contributed by atoms with van der Waals surface area (Å²) < 4.78 is 11.0. The van der Waals surface area contributed by atoms with Gasteiger partial charge < -0.3 is 25.0 Å². The summed E-state index contributed by atoms with van der Waals surface area (Å²) in [6, 6.07) is 17.5. The van der Waals surface area contributed by atoms with Gasteiger partial charge in [-0.2, -0.15) is 4.98 Å². The maximum atomic E-state index is 13.3. The first-order valence-corrected chi connectivity index (χ1v) is 11.8. The second kappa shape index (κ2) is 10.2. The van der Waals surface area contributed by atoms with E-state index >= 15 is 0 Å². The van der Waals surface area contributed by atoms with Crippen molar-refractivity contribution in [3.8, 4) is 17.6 Å². The van der Waals surface area contributed by atoms with Crippen LogP contribution in [-0.4, -0.2) is 53.1 Å². The molecule has 3 heterocycles. The Morgan fingerprint density at radius 1 is 1.00 bits per heavy atom. The summed E-state index contributed by atoms with van der Waals surface area (Å²) in [5, 5.41) is 7.26. The van der Waals surface area contributed by atoms with Crippen molar-refractivity contribution in [2.24, 2.45) is 0 Å². The molecule has 1 aliphatic rings. The second-order valence-corrected chi connectivity index (χ2v) is 8.88. The zero-order valence-electron chi connectivity index (χ0n) is 20.4. The van der Waals surface area contributed by atoms with Gasteiger partial charge in [-0.15, -0.1) is 0 Å².